The van der Waals surface area contributed by atoms with Crippen LogP contribution in [0.4, 0.5) is 0 Å². The summed E-state index contributed by atoms with van der Waals surface area (Å²) in [5.41, 5.74) is 0. The van der Waals surface area contributed by atoms with Crippen molar-refractivity contribution in [3.63, 3.8) is 0 Å². The number of amides is 2. The SMILES string of the molecule is CC1CCCC(NC(=O)CCCNC(=O)c2cccs2)C1. The molecule has 0 saturated heterocycles. The van der Waals surface area contributed by atoms with Gasteiger partial charge < -0.3 is 10.6 Å². The number of carbonyl (C=O) groups is 2. The Hall–Kier alpha value is -1.36. The van der Waals surface area contributed by atoms with Crippen molar-refractivity contribution in [1.29, 1.82) is 0 Å². The predicted molar refractivity (Wildman–Crippen MR) is 85.4 cm³/mol. The third-order valence-corrected chi connectivity index (χ3v) is 4.78. The van der Waals surface area contributed by atoms with Gasteiger partial charge in [-0.05, 0) is 36.6 Å². The summed E-state index contributed by atoms with van der Waals surface area (Å²) < 4.78 is 0. The molecule has 1 fully saturated rings. The predicted octanol–water partition coefficient (Wildman–Crippen LogP) is 2.95. The number of thiophene rings is 1. The zero-order valence-electron chi connectivity index (χ0n) is 12.6. The van der Waals surface area contributed by atoms with Crippen LogP contribution in [0, 0.1) is 5.92 Å². The summed E-state index contributed by atoms with van der Waals surface area (Å²) in [5.74, 6) is 0.778. The van der Waals surface area contributed by atoms with E-state index in [1.807, 2.05) is 11.4 Å². The van der Waals surface area contributed by atoms with Crippen LogP contribution in [0.1, 0.15) is 55.1 Å². The minimum absolute atomic E-state index is 0.0495. The first-order valence-electron chi connectivity index (χ1n) is 7.76. The van der Waals surface area contributed by atoms with Gasteiger partial charge in [0.05, 0.1) is 4.88 Å². The summed E-state index contributed by atoms with van der Waals surface area (Å²) in [6.45, 7) is 2.80. The van der Waals surface area contributed by atoms with Crippen LogP contribution in [-0.4, -0.2) is 24.4 Å². The highest BCUT2D eigenvalue weighted by atomic mass is 32.1. The Morgan fingerprint density at radius 3 is 2.95 bits per heavy atom. The smallest absolute Gasteiger partial charge is 0.261 e. The van der Waals surface area contributed by atoms with Crippen LogP contribution in [0.25, 0.3) is 0 Å². The lowest BCUT2D eigenvalue weighted by Gasteiger charge is -2.27. The molecule has 116 valence electrons. The molecule has 0 aliphatic heterocycles. The number of rotatable bonds is 6. The van der Waals surface area contributed by atoms with Crippen molar-refractivity contribution in [2.24, 2.45) is 5.92 Å². The molecule has 2 N–H and O–H groups in total. The van der Waals surface area contributed by atoms with E-state index in [2.05, 4.69) is 17.6 Å². The Balaban J connectivity index is 1.58. The highest BCUT2D eigenvalue weighted by Gasteiger charge is 2.20. The highest BCUT2D eigenvalue weighted by Crippen LogP contribution is 2.23. The third-order valence-electron chi connectivity index (χ3n) is 3.91. The average Bonchev–Trinajstić information content (AvgIpc) is 2.97. The Morgan fingerprint density at radius 1 is 1.38 bits per heavy atom. The van der Waals surface area contributed by atoms with Crippen LogP contribution >= 0.6 is 11.3 Å². The maximum atomic E-state index is 11.9. The second-order valence-corrected chi connectivity index (χ2v) is 6.82. The Kier molecular flexibility index (Phi) is 6.23. The van der Waals surface area contributed by atoms with Crippen molar-refractivity contribution >= 4 is 23.2 Å². The molecule has 2 unspecified atom stereocenters. The maximum Gasteiger partial charge on any atom is 0.261 e. The van der Waals surface area contributed by atoms with Crippen LogP contribution in [-0.2, 0) is 4.79 Å². The lowest BCUT2D eigenvalue weighted by Crippen LogP contribution is -2.38. The summed E-state index contributed by atoms with van der Waals surface area (Å²) in [6.07, 6.45) is 5.86. The van der Waals surface area contributed by atoms with Crippen LogP contribution < -0.4 is 10.6 Å². The van der Waals surface area contributed by atoms with Crippen molar-refractivity contribution in [2.75, 3.05) is 6.54 Å². The lowest BCUT2D eigenvalue weighted by molar-refractivity contribution is -0.122. The number of hydrogen-bond acceptors (Lipinski definition) is 3. The van der Waals surface area contributed by atoms with Gasteiger partial charge in [-0.1, -0.05) is 25.8 Å². The molecule has 0 bridgehead atoms. The molecule has 1 aromatic heterocycles. The standard InChI is InChI=1S/C16H24N2O2S/c1-12-5-2-6-13(11-12)18-15(19)8-3-9-17-16(20)14-7-4-10-21-14/h4,7,10,12-13H,2-3,5-6,8-9,11H2,1H3,(H,17,20)(H,18,19). The Morgan fingerprint density at radius 2 is 2.24 bits per heavy atom. The molecule has 1 aromatic rings. The van der Waals surface area contributed by atoms with Gasteiger partial charge in [-0.15, -0.1) is 11.3 Å². The van der Waals surface area contributed by atoms with Gasteiger partial charge >= 0.3 is 0 Å². The van der Waals surface area contributed by atoms with Crippen LogP contribution in [0.3, 0.4) is 0 Å². The van der Waals surface area contributed by atoms with Crippen molar-refractivity contribution in [2.45, 2.75) is 51.5 Å². The van der Waals surface area contributed by atoms with E-state index in [1.165, 1.54) is 24.2 Å². The fraction of sp³-hybridized carbons (Fsp3) is 0.625. The largest absolute Gasteiger partial charge is 0.353 e. The van der Waals surface area contributed by atoms with Gasteiger partial charge in [0.2, 0.25) is 5.91 Å². The second kappa shape index (κ2) is 8.17. The number of hydrogen-bond donors (Lipinski definition) is 2. The van der Waals surface area contributed by atoms with E-state index in [9.17, 15) is 9.59 Å². The van der Waals surface area contributed by atoms with Crippen molar-refractivity contribution < 1.29 is 9.59 Å². The molecule has 1 aliphatic carbocycles. The van der Waals surface area contributed by atoms with Crippen molar-refractivity contribution in [3.05, 3.63) is 22.4 Å². The molecule has 0 aromatic carbocycles. The van der Waals surface area contributed by atoms with Crippen molar-refractivity contribution in [1.82, 2.24) is 10.6 Å². The fourth-order valence-corrected chi connectivity index (χ4v) is 3.45. The molecule has 2 rings (SSSR count). The van der Waals surface area contributed by atoms with E-state index in [4.69, 9.17) is 0 Å². The molecule has 0 spiro atoms. The summed E-state index contributed by atoms with van der Waals surface area (Å²) in [4.78, 5) is 24.3. The zero-order valence-corrected chi connectivity index (χ0v) is 13.4. The molecule has 2 atom stereocenters. The first-order valence-corrected chi connectivity index (χ1v) is 8.64. The highest BCUT2D eigenvalue weighted by molar-refractivity contribution is 7.12. The van der Waals surface area contributed by atoms with Gasteiger partial charge in [-0.2, -0.15) is 0 Å². The number of carbonyl (C=O) groups excluding carboxylic acids is 2. The van der Waals surface area contributed by atoms with Gasteiger partial charge in [0, 0.05) is 19.0 Å². The molecule has 0 radical (unpaired) electrons. The molecule has 2 amide bonds. The fourth-order valence-electron chi connectivity index (χ4n) is 2.81. The van der Waals surface area contributed by atoms with Crippen molar-refractivity contribution in [3.8, 4) is 0 Å². The van der Waals surface area contributed by atoms with Gasteiger partial charge in [-0.25, -0.2) is 0 Å². The Bertz CT molecular complexity index is 459. The topological polar surface area (TPSA) is 58.2 Å². The van der Waals surface area contributed by atoms with Gasteiger partial charge in [-0.3, -0.25) is 9.59 Å². The second-order valence-electron chi connectivity index (χ2n) is 5.87. The molecule has 1 saturated carbocycles. The minimum atomic E-state index is -0.0495. The van der Waals surface area contributed by atoms with Gasteiger partial charge in [0.15, 0.2) is 0 Å². The molecule has 4 nitrogen and oxygen atoms in total. The maximum absolute atomic E-state index is 11.9. The minimum Gasteiger partial charge on any atom is -0.353 e. The quantitative estimate of drug-likeness (QED) is 0.794. The number of nitrogens with one attached hydrogen (secondary N) is 2. The molecule has 21 heavy (non-hydrogen) atoms. The van der Waals surface area contributed by atoms with E-state index in [0.29, 0.717) is 31.3 Å². The van der Waals surface area contributed by atoms with Gasteiger partial charge in [0.25, 0.3) is 5.91 Å². The summed E-state index contributed by atoms with van der Waals surface area (Å²) >= 11 is 1.43. The average molecular weight is 308 g/mol. The van der Waals surface area contributed by atoms with E-state index in [1.54, 1.807) is 6.07 Å². The Labute approximate surface area is 130 Å². The monoisotopic (exact) mass is 308 g/mol. The van der Waals surface area contributed by atoms with Gasteiger partial charge in [0.1, 0.15) is 0 Å². The van der Waals surface area contributed by atoms with Crippen LogP contribution in [0.5, 0.6) is 0 Å². The third kappa shape index (κ3) is 5.50. The molecular formula is C16H24N2O2S. The van der Waals surface area contributed by atoms with E-state index >= 15 is 0 Å². The van der Waals surface area contributed by atoms with E-state index < -0.39 is 0 Å². The normalized spacial score (nSPS) is 21.8. The zero-order chi connectivity index (χ0) is 15.1. The molecule has 1 aliphatic rings. The van der Waals surface area contributed by atoms with Crippen LogP contribution in [0.2, 0.25) is 0 Å². The van der Waals surface area contributed by atoms with Crippen LogP contribution in [0.15, 0.2) is 17.5 Å². The van der Waals surface area contributed by atoms with E-state index in [0.717, 1.165) is 17.7 Å². The first-order chi connectivity index (χ1) is 10.1. The summed E-state index contributed by atoms with van der Waals surface area (Å²) in [5, 5.41) is 7.84. The lowest BCUT2D eigenvalue weighted by atomic mass is 9.87. The first kappa shape index (κ1) is 16.0. The molecule has 1 heterocycles. The molecular weight excluding hydrogens is 284 g/mol. The summed E-state index contributed by atoms with van der Waals surface area (Å²) in [7, 11) is 0. The van der Waals surface area contributed by atoms with E-state index in [-0.39, 0.29) is 11.8 Å². The summed E-state index contributed by atoms with van der Waals surface area (Å²) in [6, 6.07) is 4.01. The molecule has 5 heteroatoms.